The van der Waals surface area contributed by atoms with Gasteiger partial charge in [0.15, 0.2) is 0 Å². The second-order valence-electron chi connectivity index (χ2n) is 3.88. The molecule has 0 atom stereocenters. The fourth-order valence-corrected chi connectivity index (χ4v) is 3.47. The van der Waals surface area contributed by atoms with Crippen LogP contribution < -0.4 is 5.32 Å². The van der Waals surface area contributed by atoms with E-state index in [2.05, 4.69) is 21.2 Å². The number of halogens is 6. The average Bonchev–Trinajstić information content (AvgIpc) is 2.66. The monoisotopic (exact) mass is 403 g/mol. The van der Waals surface area contributed by atoms with Gasteiger partial charge in [-0.15, -0.1) is 11.3 Å². The Kier molecular flexibility index (Phi) is 4.89. The van der Waals surface area contributed by atoms with Gasteiger partial charge in [-0.05, 0) is 40.2 Å². The van der Waals surface area contributed by atoms with E-state index < -0.39 is 11.7 Å². The summed E-state index contributed by atoms with van der Waals surface area (Å²) in [5.74, 6) is 0. The summed E-state index contributed by atoms with van der Waals surface area (Å²) in [4.78, 5) is 0.942. The molecule has 2 rings (SSSR count). The fourth-order valence-electron chi connectivity index (χ4n) is 1.50. The van der Waals surface area contributed by atoms with E-state index in [9.17, 15) is 13.2 Å². The highest BCUT2D eigenvalue weighted by atomic mass is 79.9. The molecule has 0 amide bonds. The van der Waals surface area contributed by atoms with Crippen LogP contribution in [0.1, 0.15) is 10.4 Å². The van der Waals surface area contributed by atoms with E-state index in [1.54, 1.807) is 0 Å². The Labute approximate surface area is 135 Å². The zero-order chi connectivity index (χ0) is 14.9. The summed E-state index contributed by atoms with van der Waals surface area (Å²) in [5.41, 5.74) is -0.324. The molecule has 0 radical (unpaired) electrons. The molecular formula is C12H7BrCl2F3NS. The summed E-state index contributed by atoms with van der Waals surface area (Å²) >= 11 is 16.4. The Bertz CT molecular complexity index is 608. The normalized spacial score (nSPS) is 11.7. The van der Waals surface area contributed by atoms with Gasteiger partial charge >= 0.3 is 6.18 Å². The van der Waals surface area contributed by atoms with E-state index in [1.807, 2.05) is 6.07 Å². The van der Waals surface area contributed by atoms with Crippen LogP contribution in [0.15, 0.2) is 28.7 Å². The van der Waals surface area contributed by atoms with Gasteiger partial charge in [0.1, 0.15) is 4.34 Å². The maximum absolute atomic E-state index is 12.5. The summed E-state index contributed by atoms with van der Waals surface area (Å²) in [7, 11) is 0. The van der Waals surface area contributed by atoms with Crippen molar-refractivity contribution in [1.29, 1.82) is 0 Å². The number of rotatable bonds is 3. The van der Waals surface area contributed by atoms with Crippen molar-refractivity contribution in [3.8, 4) is 0 Å². The van der Waals surface area contributed by atoms with Gasteiger partial charge in [0.2, 0.25) is 0 Å². The summed E-state index contributed by atoms with van der Waals surface area (Å²) < 4.78 is 38.9. The number of hydrogen-bond acceptors (Lipinski definition) is 2. The lowest BCUT2D eigenvalue weighted by molar-refractivity contribution is -0.137. The molecule has 1 aromatic carbocycles. The van der Waals surface area contributed by atoms with Crippen LogP contribution in [0.25, 0.3) is 0 Å². The highest BCUT2D eigenvalue weighted by Crippen LogP contribution is 2.35. The van der Waals surface area contributed by atoms with Crippen molar-refractivity contribution in [2.75, 3.05) is 5.32 Å². The SMILES string of the molecule is FC(F)(F)c1ccc(NCc2cc(Br)c(Cl)s2)c(Cl)c1. The maximum Gasteiger partial charge on any atom is 0.416 e. The summed E-state index contributed by atoms with van der Waals surface area (Å²) in [5, 5.41) is 3.01. The first-order valence-corrected chi connectivity index (χ1v) is 7.68. The van der Waals surface area contributed by atoms with Crippen LogP contribution in [0.3, 0.4) is 0 Å². The first kappa shape index (κ1) is 15.9. The van der Waals surface area contributed by atoms with E-state index in [0.29, 0.717) is 16.6 Å². The lowest BCUT2D eigenvalue weighted by Gasteiger charge is -2.11. The Morgan fingerprint density at radius 1 is 1.20 bits per heavy atom. The van der Waals surface area contributed by atoms with Gasteiger partial charge in [0.25, 0.3) is 0 Å². The molecule has 0 aliphatic heterocycles. The molecule has 0 aliphatic carbocycles. The van der Waals surface area contributed by atoms with Crippen LogP contribution in [0.2, 0.25) is 9.36 Å². The molecule has 20 heavy (non-hydrogen) atoms. The van der Waals surface area contributed by atoms with Crippen LogP contribution in [0.5, 0.6) is 0 Å². The first-order chi connectivity index (χ1) is 9.27. The summed E-state index contributed by atoms with van der Waals surface area (Å²) in [6, 6.07) is 5.06. The maximum atomic E-state index is 12.5. The van der Waals surface area contributed by atoms with Gasteiger partial charge in [-0.3, -0.25) is 0 Å². The standard InChI is InChI=1S/C12H7BrCl2F3NS/c13-8-4-7(20-11(8)15)5-19-10-2-1-6(3-9(10)14)12(16,17)18/h1-4,19H,5H2. The van der Waals surface area contributed by atoms with Crippen molar-refractivity contribution >= 4 is 56.2 Å². The largest absolute Gasteiger partial charge is 0.416 e. The molecular weight excluding hydrogens is 398 g/mol. The molecule has 2 aromatic rings. The predicted molar refractivity (Wildman–Crippen MR) is 80.8 cm³/mol. The van der Waals surface area contributed by atoms with Crippen molar-refractivity contribution in [3.05, 3.63) is 48.5 Å². The second-order valence-corrected chi connectivity index (χ2v) is 6.88. The highest BCUT2D eigenvalue weighted by Gasteiger charge is 2.30. The van der Waals surface area contributed by atoms with Gasteiger partial charge in [0.05, 0.1) is 16.3 Å². The highest BCUT2D eigenvalue weighted by molar-refractivity contribution is 9.10. The van der Waals surface area contributed by atoms with Gasteiger partial charge in [-0.25, -0.2) is 0 Å². The average molecular weight is 405 g/mol. The molecule has 108 valence electrons. The molecule has 8 heteroatoms. The van der Waals surface area contributed by atoms with Crippen molar-refractivity contribution in [3.63, 3.8) is 0 Å². The summed E-state index contributed by atoms with van der Waals surface area (Å²) in [6.07, 6.45) is -4.39. The molecule has 0 saturated carbocycles. The molecule has 0 spiro atoms. The number of hydrogen-bond donors (Lipinski definition) is 1. The van der Waals surface area contributed by atoms with E-state index in [-0.39, 0.29) is 5.02 Å². The fraction of sp³-hybridized carbons (Fsp3) is 0.167. The Morgan fingerprint density at radius 3 is 2.40 bits per heavy atom. The smallest absolute Gasteiger partial charge is 0.379 e. The van der Waals surface area contributed by atoms with Crippen LogP contribution in [-0.2, 0) is 12.7 Å². The number of anilines is 1. The zero-order valence-electron chi connectivity index (χ0n) is 9.69. The molecule has 0 bridgehead atoms. The third-order valence-corrected chi connectivity index (χ3v) is 5.23. The van der Waals surface area contributed by atoms with E-state index in [0.717, 1.165) is 21.5 Å². The van der Waals surface area contributed by atoms with Crippen LogP contribution in [0.4, 0.5) is 18.9 Å². The molecule has 0 unspecified atom stereocenters. The van der Waals surface area contributed by atoms with Crippen molar-refractivity contribution < 1.29 is 13.2 Å². The third-order valence-electron chi connectivity index (χ3n) is 2.45. The van der Waals surface area contributed by atoms with E-state index in [1.165, 1.54) is 17.4 Å². The lowest BCUT2D eigenvalue weighted by atomic mass is 10.2. The molecule has 1 aromatic heterocycles. The minimum atomic E-state index is -4.39. The number of nitrogens with one attached hydrogen (secondary N) is 1. The molecule has 0 aliphatic rings. The van der Waals surface area contributed by atoms with Crippen molar-refractivity contribution in [2.45, 2.75) is 12.7 Å². The van der Waals surface area contributed by atoms with E-state index in [4.69, 9.17) is 23.2 Å². The second kappa shape index (κ2) is 6.13. The number of thiophene rings is 1. The number of alkyl halides is 3. The van der Waals surface area contributed by atoms with Gasteiger partial charge in [-0.2, -0.15) is 13.2 Å². The van der Waals surface area contributed by atoms with Crippen LogP contribution in [-0.4, -0.2) is 0 Å². The Balaban J connectivity index is 2.10. The zero-order valence-corrected chi connectivity index (χ0v) is 13.6. The third kappa shape index (κ3) is 3.81. The van der Waals surface area contributed by atoms with Crippen molar-refractivity contribution in [2.24, 2.45) is 0 Å². The topological polar surface area (TPSA) is 12.0 Å². The predicted octanol–water partition coefficient (Wildman–Crippen LogP) is 6.45. The molecule has 1 N–H and O–H groups in total. The quantitative estimate of drug-likeness (QED) is 0.619. The Morgan fingerprint density at radius 2 is 1.90 bits per heavy atom. The summed E-state index contributed by atoms with van der Waals surface area (Å²) in [6.45, 7) is 0.432. The minimum Gasteiger partial charge on any atom is -0.379 e. The minimum absolute atomic E-state index is 0.0292. The first-order valence-electron chi connectivity index (χ1n) is 5.31. The molecule has 1 heterocycles. The van der Waals surface area contributed by atoms with Gasteiger partial charge < -0.3 is 5.32 Å². The molecule has 1 nitrogen and oxygen atoms in total. The Hall–Kier alpha value is -0.430. The lowest BCUT2D eigenvalue weighted by Crippen LogP contribution is -2.05. The van der Waals surface area contributed by atoms with E-state index >= 15 is 0 Å². The molecule has 0 fully saturated rings. The van der Waals surface area contributed by atoms with Gasteiger partial charge in [-0.1, -0.05) is 23.2 Å². The van der Waals surface area contributed by atoms with Crippen molar-refractivity contribution in [1.82, 2.24) is 0 Å². The van der Waals surface area contributed by atoms with Crippen LogP contribution in [0, 0.1) is 0 Å². The van der Waals surface area contributed by atoms with Crippen LogP contribution >= 0.6 is 50.5 Å². The number of benzene rings is 1. The van der Waals surface area contributed by atoms with Gasteiger partial charge in [0, 0.05) is 15.9 Å². The molecule has 0 saturated heterocycles.